The van der Waals surface area contributed by atoms with Crippen LogP contribution in [0.1, 0.15) is 67.0 Å². The Bertz CT molecular complexity index is 1110. The molecule has 4 rings (SSSR count). The number of aliphatic hydroxyl groups is 1. The fourth-order valence-electron chi connectivity index (χ4n) is 4.91. The second kappa shape index (κ2) is 7.95. The first-order chi connectivity index (χ1) is 14.6. The zero-order chi connectivity index (χ0) is 22.4. The van der Waals surface area contributed by atoms with Crippen molar-refractivity contribution in [3.05, 3.63) is 57.6 Å². The van der Waals surface area contributed by atoms with Crippen LogP contribution in [0.2, 0.25) is 0 Å². The minimum atomic E-state index is -4.05. The Morgan fingerprint density at radius 3 is 2.19 bits per heavy atom. The van der Waals surface area contributed by atoms with Crippen molar-refractivity contribution >= 4 is 21.7 Å². The summed E-state index contributed by atoms with van der Waals surface area (Å²) in [4.78, 5) is 12.8. The minimum absolute atomic E-state index is 0.0102. The van der Waals surface area contributed by atoms with Crippen LogP contribution in [0.4, 0.5) is 10.5 Å². The van der Waals surface area contributed by atoms with Crippen LogP contribution in [0.25, 0.3) is 0 Å². The van der Waals surface area contributed by atoms with Crippen molar-refractivity contribution in [1.29, 1.82) is 0 Å². The molecule has 0 bridgehead atoms. The summed E-state index contributed by atoms with van der Waals surface area (Å²) in [5.41, 5.74) is 5.98. The number of carbonyl (C=O) groups excluding carboxylic acids is 1. The lowest BCUT2D eigenvalue weighted by molar-refractivity contribution is 0.0776. The lowest BCUT2D eigenvalue weighted by Gasteiger charge is -2.22. The largest absolute Gasteiger partial charge is 0.386 e. The molecule has 0 unspecified atom stereocenters. The van der Waals surface area contributed by atoms with E-state index in [1.54, 1.807) is 19.9 Å². The molecule has 31 heavy (non-hydrogen) atoms. The van der Waals surface area contributed by atoms with Crippen LogP contribution < -0.4 is 10.0 Å². The monoisotopic (exact) mass is 442 g/mol. The van der Waals surface area contributed by atoms with E-state index in [0.29, 0.717) is 12.0 Å². The van der Waals surface area contributed by atoms with Crippen LogP contribution in [-0.2, 0) is 47.7 Å². The van der Waals surface area contributed by atoms with Crippen LogP contribution in [0.15, 0.2) is 29.2 Å². The summed E-state index contributed by atoms with van der Waals surface area (Å²) in [5.74, 6) is 0. The number of hydrogen-bond acceptors (Lipinski definition) is 4. The smallest absolute Gasteiger partial charge is 0.333 e. The molecule has 0 spiro atoms. The van der Waals surface area contributed by atoms with Crippen LogP contribution in [0, 0.1) is 0 Å². The van der Waals surface area contributed by atoms with Gasteiger partial charge in [0, 0.05) is 5.69 Å². The summed E-state index contributed by atoms with van der Waals surface area (Å²) in [6.45, 7) is 5.23. The Hall–Kier alpha value is -2.38. The fourth-order valence-corrected chi connectivity index (χ4v) is 5.87. The first-order valence-electron chi connectivity index (χ1n) is 11.0. The highest BCUT2D eigenvalue weighted by molar-refractivity contribution is 7.90. The summed E-state index contributed by atoms with van der Waals surface area (Å²) in [7, 11) is -4.05. The zero-order valence-electron chi connectivity index (χ0n) is 18.3. The van der Waals surface area contributed by atoms with Gasteiger partial charge in [0.1, 0.15) is 0 Å². The minimum Gasteiger partial charge on any atom is -0.386 e. The van der Waals surface area contributed by atoms with Crippen molar-refractivity contribution in [1.82, 2.24) is 4.72 Å². The Balaban J connectivity index is 1.59. The predicted molar refractivity (Wildman–Crippen MR) is 121 cm³/mol. The standard InChI is InChI=1S/C24H30N2O4S/c1-4-15-14-18(11-12-21(15)24(2,3)28)31(29,30)26-23(27)25-22-19-9-5-7-16(19)13-17-8-6-10-20(17)22/h11-14,28H,4-10H2,1-3H3,(H2,25,26,27). The van der Waals surface area contributed by atoms with Crippen LogP contribution in [0.5, 0.6) is 0 Å². The number of benzene rings is 2. The van der Waals surface area contributed by atoms with E-state index in [4.69, 9.17) is 0 Å². The Kier molecular flexibility index (Phi) is 5.60. The van der Waals surface area contributed by atoms with Crippen molar-refractivity contribution in [2.24, 2.45) is 0 Å². The normalized spacial score (nSPS) is 15.5. The lowest BCUT2D eigenvalue weighted by Crippen LogP contribution is -2.35. The molecule has 0 fully saturated rings. The topological polar surface area (TPSA) is 95.5 Å². The van der Waals surface area contributed by atoms with Gasteiger partial charge in [-0.15, -0.1) is 0 Å². The molecule has 2 aromatic rings. The van der Waals surface area contributed by atoms with Gasteiger partial charge in [0.2, 0.25) is 0 Å². The molecule has 7 heteroatoms. The maximum Gasteiger partial charge on any atom is 0.333 e. The second-order valence-electron chi connectivity index (χ2n) is 9.03. The molecule has 0 heterocycles. The van der Waals surface area contributed by atoms with E-state index < -0.39 is 21.7 Å². The number of urea groups is 1. The zero-order valence-corrected chi connectivity index (χ0v) is 19.2. The molecule has 6 nitrogen and oxygen atoms in total. The fraction of sp³-hybridized carbons (Fsp3) is 0.458. The van der Waals surface area contributed by atoms with Crippen LogP contribution >= 0.6 is 0 Å². The van der Waals surface area contributed by atoms with Crippen LogP contribution in [-0.4, -0.2) is 19.6 Å². The molecule has 0 aliphatic heterocycles. The third kappa shape index (κ3) is 4.21. The number of sulfonamides is 1. The number of hydrogen-bond donors (Lipinski definition) is 3. The van der Waals surface area contributed by atoms with Gasteiger partial charge in [-0.25, -0.2) is 17.9 Å². The highest BCUT2D eigenvalue weighted by atomic mass is 32.2. The first kappa shape index (κ1) is 21.8. The van der Waals surface area contributed by atoms with E-state index in [0.717, 1.165) is 60.9 Å². The molecule has 0 atom stereocenters. The molecule has 2 aliphatic carbocycles. The third-order valence-corrected chi connectivity index (χ3v) is 7.69. The quantitative estimate of drug-likeness (QED) is 0.653. The van der Waals surface area contributed by atoms with Gasteiger partial charge >= 0.3 is 6.03 Å². The summed E-state index contributed by atoms with van der Waals surface area (Å²) in [6.07, 6.45) is 6.50. The van der Waals surface area contributed by atoms with Gasteiger partial charge in [-0.05, 0) is 104 Å². The Labute approximate surface area is 184 Å². The predicted octanol–water partition coefficient (Wildman–Crippen LogP) is 3.96. The Morgan fingerprint density at radius 2 is 1.65 bits per heavy atom. The van der Waals surface area contributed by atoms with Crippen molar-refractivity contribution in [3.8, 4) is 0 Å². The molecule has 2 aromatic carbocycles. The van der Waals surface area contributed by atoms with E-state index in [1.807, 2.05) is 6.92 Å². The highest BCUT2D eigenvalue weighted by Crippen LogP contribution is 2.38. The number of nitrogens with one attached hydrogen (secondary N) is 2. The van der Waals surface area contributed by atoms with E-state index in [1.165, 1.54) is 23.3 Å². The maximum absolute atomic E-state index is 12.9. The lowest BCUT2D eigenvalue weighted by atomic mass is 9.92. The number of rotatable bonds is 5. The van der Waals surface area contributed by atoms with Gasteiger partial charge in [-0.2, -0.15) is 0 Å². The number of aryl methyl sites for hydroxylation is 3. The van der Waals surface area contributed by atoms with Crippen LogP contribution in [0.3, 0.4) is 0 Å². The average molecular weight is 443 g/mol. The van der Waals surface area contributed by atoms with Crippen molar-refractivity contribution in [2.45, 2.75) is 76.2 Å². The van der Waals surface area contributed by atoms with Gasteiger partial charge < -0.3 is 10.4 Å². The molecule has 166 valence electrons. The van der Waals surface area contributed by atoms with Gasteiger partial charge in [0.15, 0.2) is 0 Å². The first-order valence-corrected chi connectivity index (χ1v) is 12.4. The molecule has 2 amide bonds. The highest BCUT2D eigenvalue weighted by Gasteiger charge is 2.27. The van der Waals surface area contributed by atoms with Crippen molar-refractivity contribution in [3.63, 3.8) is 0 Å². The summed E-state index contributed by atoms with van der Waals surface area (Å²) in [5, 5.41) is 13.2. The number of anilines is 1. The molecule has 3 N–H and O–H groups in total. The van der Waals surface area contributed by atoms with Gasteiger partial charge in [-0.3, -0.25) is 0 Å². The van der Waals surface area contributed by atoms with Crippen molar-refractivity contribution < 1.29 is 18.3 Å². The van der Waals surface area contributed by atoms with Gasteiger partial charge in [-0.1, -0.05) is 19.1 Å². The molecule has 0 radical (unpaired) electrons. The average Bonchev–Trinajstić information content (AvgIpc) is 3.35. The molecular formula is C24H30N2O4S. The van der Waals surface area contributed by atoms with Gasteiger partial charge in [0.05, 0.1) is 10.5 Å². The van der Waals surface area contributed by atoms with Crippen molar-refractivity contribution in [2.75, 3.05) is 5.32 Å². The molecule has 0 saturated heterocycles. The maximum atomic E-state index is 12.9. The third-order valence-electron chi connectivity index (χ3n) is 6.37. The summed E-state index contributed by atoms with van der Waals surface area (Å²) >= 11 is 0. The number of amides is 2. The summed E-state index contributed by atoms with van der Waals surface area (Å²) in [6, 6.07) is 6.10. The van der Waals surface area contributed by atoms with E-state index in [-0.39, 0.29) is 4.90 Å². The van der Waals surface area contributed by atoms with E-state index in [9.17, 15) is 18.3 Å². The molecular weight excluding hydrogens is 412 g/mol. The molecule has 0 aromatic heterocycles. The summed E-state index contributed by atoms with van der Waals surface area (Å²) < 4.78 is 28.0. The Morgan fingerprint density at radius 1 is 1.03 bits per heavy atom. The number of carbonyl (C=O) groups is 1. The van der Waals surface area contributed by atoms with E-state index in [2.05, 4.69) is 16.1 Å². The molecule has 2 aliphatic rings. The van der Waals surface area contributed by atoms with E-state index >= 15 is 0 Å². The molecule has 0 saturated carbocycles. The number of fused-ring (bicyclic) bond motifs is 2. The SMILES string of the molecule is CCc1cc(S(=O)(=O)NC(=O)Nc2c3c(cc4c2CCC4)CCC3)ccc1C(C)(C)O. The second-order valence-corrected chi connectivity index (χ2v) is 10.7. The van der Waals surface area contributed by atoms with Gasteiger partial charge in [0.25, 0.3) is 10.0 Å².